The Morgan fingerprint density at radius 1 is 1.15 bits per heavy atom. The molecule has 1 aliphatic rings. The van der Waals surface area contributed by atoms with E-state index < -0.39 is 11.2 Å². The molecule has 0 saturated carbocycles. The summed E-state index contributed by atoms with van der Waals surface area (Å²) in [5.41, 5.74) is 0. The van der Waals surface area contributed by atoms with Gasteiger partial charge < -0.3 is 9.87 Å². The zero-order valence-electron chi connectivity index (χ0n) is 9.31. The maximum absolute atomic E-state index is 12.1. The van der Waals surface area contributed by atoms with E-state index in [2.05, 4.69) is 33.0 Å². The fraction of sp³-hybridized carbons (Fsp3) is 1.00. The Labute approximate surface area is 84.7 Å². The Hall–Kier alpha value is 0.270. The van der Waals surface area contributed by atoms with Crippen molar-refractivity contribution in [1.82, 2.24) is 5.32 Å². The lowest BCUT2D eigenvalue weighted by molar-refractivity contribution is 0.346. The van der Waals surface area contributed by atoms with Gasteiger partial charge in [-0.15, -0.1) is 0 Å². The van der Waals surface area contributed by atoms with Gasteiger partial charge in [0, 0.05) is 18.9 Å². The molecule has 1 N–H and O–H groups in total. The van der Waals surface area contributed by atoms with Crippen molar-refractivity contribution in [2.45, 2.75) is 56.1 Å². The molecule has 2 nitrogen and oxygen atoms in total. The Morgan fingerprint density at radius 2 is 1.54 bits per heavy atom. The van der Waals surface area contributed by atoms with Crippen LogP contribution >= 0.6 is 0 Å². The molecule has 0 aromatic heterocycles. The highest BCUT2D eigenvalue weighted by Gasteiger charge is 2.50. The minimum Gasteiger partial charge on any atom is -0.616 e. The minimum atomic E-state index is -0.723. The highest BCUT2D eigenvalue weighted by Crippen LogP contribution is 2.41. The Bertz CT molecular complexity index is 173. The molecular formula is C10H21NOS. The molecule has 1 rings (SSSR count). The SMILES string of the molecule is CNC1CC(C)(C)[S+]([O-])C(C)(C)C1. The van der Waals surface area contributed by atoms with Crippen molar-refractivity contribution in [3.63, 3.8) is 0 Å². The van der Waals surface area contributed by atoms with Crippen molar-refractivity contribution in [1.29, 1.82) is 0 Å². The van der Waals surface area contributed by atoms with Gasteiger partial charge in [-0.1, -0.05) is 0 Å². The van der Waals surface area contributed by atoms with Crippen molar-refractivity contribution in [2.75, 3.05) is 7.05 Å². The summed E-state index contributed by atoms with van der Waals surface area (Å²) in [6, 6.07) is 0.516. The predicted octanol–water partition coefficient (Wildman–Crippen LogP) is 1.67. The first-order chi connectivity index (χ1) is 5.79. The van der Waals surface area contributed by atoms with Gasteiger partial charge in [0.25, 0.3) is 0 Å². The minimum absolute atomic E-state index is 0.0462. The number of hydrogen-bond donors (Lipinski definition) is 1. The monoisotopic (exact) mass is 203 g/mol. The smallest absolute Gasteiger partial charge is 0.122 e. The van der Waals surface area contributed by atoms with Crippen molar-refractivity contribution in [3.05, 3.63) is 0 Å². The molecule has 1 saturated heterocycles. The van der Waals surface area contributed by atoms with Gasteiger partial charge in [0.05, 0.1) is 0 Å². The van der Waals surface area contributed by atoms with E-state index in [0.717, 1.165) is 12.8 Å². The Kier molecular flexibility index (Phi) is 3.01. The van der Waals surface area contributed by atoms with Crippen LogP contribution in [0.15, 0.2) is 0 Å². The molecule has 0 spiro atoms. The summed E-state index contributed by atoms with van der Waals surface area (Å²) in [6.45, 7) is 8.42. The average Bonchev–Trinajstić information content (AvgIpc) is 1.99. The fourth-order valence-corrected chi connectivity index (χ4v) is 4.56. The first-order valence-electron chi connectivity index (χ1n) is 4.89. The van der Waals surface area contributed by atoms with Crippen molar-refractivity contribution >= 4 is 11.2 Å². The van der Waals surface area contributed by atoms with Gasteiger partial charge in [0.2, 0.25) is 0 Å². The number of hydrogen-bond acceptors (Lipinski definition) is 2. The lowest BCUT2D eigenvalue weighted by Crippen LogP contribution is -2.56. The molecule has 0 amide bonds. The van der Waals surface area contributed by atoms with Gasteiger partial charge in [-0.25, -0.2) is 0 Å². The zero-order valence-corrected chi connectivity index (χ0v) is 10.1. The quantitative estimate of drug-likeness (QED) is 0.658. The summed E-state index contributed by atoms with van der Waals surface area (Å²) in [5, 5.41) is 3.30. The van der Waals surface area contributed by atoms with Crippen LogP contribution < -0.4 is 5.32 Å². The van der Waals surface area contributed by atoms with Crippen LogP contribution in [0.2, 0.25) is 0 Å². The van der Waals surface area contributed by atoms with E-state index in [1.165, 1.54) is 0 Å². The van der Waals surface area contributed by atoms with Crippen molar-refractivity contribution in [3.8, 4) is 0 Å². The van der Waals surface area contributed by atoms with Crippen LogP contribution in [-0.2, 0) is 11.2 Å². The second-order valence-corrected chi connectivity index (χ2v) is 7.93. The zero-order chi connectivity index (χ0) is 10.3. The number of nitrogens with one attached hydrogen (secondary N) is 1. The molecular weight excluding hydrogens is 182 g/mol. The van der Waals surface area contributed by atoms with E-state index in [1.807, 2.05) is 7.05 Å². The van der Waals surface area contributed by atoms with Gasteiger partial charge in [-0.2, -0.15) is 0 Å². The maximum atomic E-state index is 12.1. The average molecular weight is 203 g/mol. The lowest BCUT2D eigenvalue weighted by Gasteiger charge is -2.46. The molecule has 78 valence electrons. The lowest BCUT2D eigenvalue weighted by atomic mass is 9.93. The van der Waals surface area contributed by atoms with E-state index in [-0.39, 0.29) is 9.49 Å². The van der Waals surface area contributed by atoms with E-state index in [9.17, 15) is 4.55 Å². The molecule has 0 radical (unpaired) electrons. The topological polar surface area (TPSA) is 35.1 Å². The van der Waals surface area contributed by atoms with Gasteiger partial charge in [-0.05, 0) is 45.9 Å². The number of rotatable bonds is 1. The maximum Gasteiger partial charge on any atom is 0.122 e. The molecule has 1 fully saturated rings. The molecule has 0 bridgehead atoms. The first-order valence-corrected chi connectivity index (χ1v) is 6.04. The molecule has 3 heteroatoms. The normalized spacial score (nSPS) is 37.4. The summed E-state index contributed by atoms with van der Waals surface area (Å²) in [5.74, 6) is 0. The van der Waals surface area contributed by atoms with E-state index in [0.29, 0.717) is 6.04 Å². The Morgan fingerprint density at radius 3 is 1.85 bits per heavy atom. The van der Waals surface area contributed by atoms with Gasteiger partial charge in [0.15, 0.2) is 0 Å². The Balaban J connectivity index is 2.82. The third-order valence-corrected chi connectivity index (χ3v) is 5.23. The van der Waals surface area contributed by atoms with Crippen LogP contribution in [0.5, 0.6) is 0 Å². The third-order valence-electron chi connectivity index (χ3n) is 2.89. The summed E-state index contributed by atoms with van der Waals surface area (Å²) in [7, 11) is 1.99. The van der Waals surface area contributed by atoms with Gasteiger partial charge in [-0.3, -0.25) is 0 Å². The highest BCUT2D eigenvalue weighted by molar-refractivity contribution is 7.94. The standard InChI is InChI=1S/C10H21NOS/c1-9(2)6-8(11-5)7-10(3,4)13(9)12/h8,11H,6-7H2,1-5H3. The van der Waals surface area contributed by atoms with Crippen LogP contribution in [-0.4, -0.2) is 27.1 Å². The molecule has 0 aromatic carbocycles. The van der Waals surface area contributed by atoms with Crippen LogP contribution in [0, 0.1) is 0 Å². The molecule has 0 aromatic rings. The first kappa shape index (κ1) is 11.3. The fourth-order valence-electron chi connectivity index (χ4n) is 2.36. The van der Waals surface area contributed by atoms with Gasteiger partial charge in [0.1, 0.15) is 9.49 Å². The largest absolute Gasteiger partial charge is 0.616 e. The molecule has 0 atom stereocenters. The molecule has 13 heavy (non-hydrogen) atoms. The van der Waals surface area contributed by atoms with E-state index >= 15 is 0 Å². The second kappa shape index (κ2) is 3.44. The predicted molar refractivity (Wildman–Crippen MR) is 58.4 cm³/mol. The van der Waals surface area contributed by atoms with Crippen LogP contribution in [0.1, 0.15) is 40.5 Å². The molecule has 0 aliphatic carbocycles. The van der Waals surface area contributed by atoms with Gasteiger partial charge >= 0.3 is 0 Å². The molecule has 0 unspecified atom stereocenters. The van der Waals surface area contributed by atoms with E-state index in [1.54, 1.807) is 0 Å². The summed E-state index contributed by atoms with van der Waals surface area (Å²) < 4.78 is 12.0. The van der Waals surface area contributed by atoms with Crippen LogP contribution in [0.4, 0.5) is 0 Å². The van der Waals surface area contributed by atoms with Crippen molar-refractivity contribution in [2.24, 2.45) is 0 Å². The summed E-state index contributed by atoms with van der Waals surface area (Å²) in [4.78, 5) is 0. The third kappa shape index (κ3) is 2.20. The molecule has 1 heterocycles. The summed E-state index contributed by atoms with van der Waals surface area (Å²) in [6.07, 6.45) is 2.03. The molecule has 1 aliphatic heterocycles. The van der Waals surface area contributed by atoms with E-state index in [4.69, 9.17) is 0 Å². The van der Waals surface area contributed by atoms with Crippen LogP contribution in [0.3, 0.4) is 0 Å². The van der Waals surface area contributed by atoms with Crippen LogP contribution in [0.25, 0.3) is 0 Å². The summed E-state index contributed by atoms with van der Waals surface area (Å²) >= 11 is -0.723. The second-order valence-electron chi connectivity index (χ2n) is 5.18. The van der Waals surface area contributed by atoms with Crippen molar-refractivity contribution < 1.29 is 4.55 Å². The highest BCUT2D eigenvalue weighted by atomic mass is 32.2.